The Morgan fingerprint density at radius 3 is 2.73 bits per heavy atom. The Bertz CT molecular complexity index is 456. The first-order valence-corrected chi connectivity index (χ1v) is 5.12. The molecule has 0 bridgehead atoms. The molecular weight excluding hydrogens is 210 g/mol. The number of hydrogen-bond donors (Lipinski definition) is 1. The van der Waals surface area contributed by atoms with Crippen LogP contribution < -0.4 is 5.73 Å². The third-order valence-electron chi connectivity index (χ3n) is 1.63. The maximum absolute atomic E-state index is 5.43. The first-order valence-electron chi connectivity index (χ1n) is 4.31. The van der Waals surface area contributed by atoms with Crippen LogP contribution in [-0.4, -0.2) is 20.2 Å². The van der Waals surface area contributed by atoms with Crippen LogP contribution in [0.5, 0.6) is 0 Å². The van der Waals surface area contributed by atoms with Gasteiger partial charge < -0.3 is 5.73 Å². The molecule has 2 aromatic heterocycles. The number of hydrogen-bond acceptors (Lipinski definition) is 6. The second-order valence-corrected chi connectivity index (χ2v) is 3.87. The molecule has 0 fully saturated rings. The van der Waals surface area contributed by atoms with Gasteiger partial charge in [-0.1, -0.05) is 0 Å². The topological polar surface area (TPSA) is 77.6 Å². The fourth-order valence-corrected chi connectivity index (χ4v) is 1.66. The average Bonchev–Trinajstić information content (AvgIpc) is 2.22. The van der Waals surface area contributed by atoms with Crippen molar-refractivity contribution >= 4 is 17.6 Å². The lowest BCUT2D eigenvalue weighted by Gasteiger charge is -1.99. The van der Waals surface area contributed by atoms with Gasteiger partial charge in [-0.2, -0.15) is 0 Å². The lowest BCUT2D eigenvalue weighted by atomic mass is 10.5. The van der Waals surface area contributed by atoms with Gasteiger partial charge in [0.25, 0.3) is 0 Å². The van der Waals surface area contributed by atoms with E-state index in [1.807, 2.05) is 13.0 Å². The number of nitrogens with zero attached hydrogens (tertiary/aromatic N) is 4. The van der Waals surface area contributed by atoms with E-state index in [1.165, 1.54) is 11.8 Å². The van der Waals surface area contributed by atoms with Crippen molar-refractivity contribution in [1.29, 1.82) is 0 Å². The Labute approximate surface area is 91.2 Å². The summed E-state index contributed by atoms with van der Waals surface area (Å²) in [6.45, 7) is 1.92. The zero-order chi connectivity index (χ0) is 10.7. The van der Waals surface area contributed by atoms with Crippen molar-refractivity contribution in [2.24, 2.45) is 0 Å². The van der Waals surface area contributed by atoms with Crippen LogP contribution in [0, 0.1) is 6.92 Å². The van der Waals surface area contributed by atoms with Crippen LogP contribution in [-0.2, 0) is 0 Å². The first kappa shape index (κ1) is 9.85. The molecule has 6 heteroatoms. The average molecular weight is 219 g/mol. The number of nitrogen functional groups attached to an aromatic ring is 1. The summed E-state index contributed by atoms with van der Waals surface area (Å²) in [5.41, 5.74) is 6.36. The zero-order valence-corrected chi connectivity index (χ0v) is 8.90. The van der Waals surface area contributed by atoms with Crippen molar-refractivity contribution in [2.75, 3.05) is 5.73 Å². The molecule has 0 saturated heterocycles. The molecule has 0 spiro atoms. The molecule has 2 heterocycles. The van der Waals surface area contributed by atoms with Crippen LogP contribution in [0.15, 0.2) is 34.6 Å². The van der Waals surface area contributed by atoms with Crippen LogP contribution >= 0.6 is 11.8 Å². The van der Waals surface area contributed by atoms with Gasteiger partial charge in [0.2, 0.25) is 0 Å². The number of nitrogens with two attached hydrogens (primary N) is 1. The Morgan fingerprint density at radius 1 is 1.20 bits per heavy atom. The van der Waals surface area contributed by atoms with E-state index in [0.29, 0.717) is 11.0 Å². The van der Waals surface area contributed by atoms with Gasteiger partial charge in [-0.05, 0) is 36.9 Å². The van der Waals surface area contributed by atoms with Crippen molar-refractivity contribution in [2.45, 2.75) is 17.1 Å². The quantitative estimate of drug-likeness (QED) is 0.767. The van der Waals surface area contributed by atoms with Gasteiger partial charge in [0.05, 0.1) is 0 Å². The molecule has 0 amide bonds. The molecule has 0 aliphatic heterocycles. The Hall–Kier alpha value is -1.69. The van der Waals surface area contributed by atoms with Gasteiger partial charge in [0.1, 0.15) is 10.8 Å². The summed E-state index contributed by atoms with van der Waals surface area (Å²) >= 11 is 1.36. The molecule has 0 atom stereocenters. The van der Waals surface area contributed by atoms with Crippen molar-refractivity contribution in [1.82, 2.24) is 20.2 Å². The fraction of sp³-hybridized carbons (Fsp3) is 0.111. The Morgan fingerprint density at radius 2 is 2.07 bits per heavy atom. The van der Waals surface area contributed by atoms with Gasteiger partial charge in [-0.15, -0.1) is 10.2 Å². The number of aromatic nitrogens is 4. The standard InChI is InChI=1S/C9H9N5S/c1-6-4-5-11-9(12-6)15-8-3-2-7(10)13-14-8/h2-5H,1H3,(H2,10,13). The fourth-order valence-electron chi connectivity index (χ4n) is 0.953. The molecule has 2 aromatic rings. The van der Waals surface area contributed by atoms with Gasteiger partial charge in [-0.25, -0.2) is 9.97 Å². The molecular formula is C9H9N5S. The van der Waals surface area contributed by atoms with E-state index < -0.39 is 0 Å². The van der Waals surface area contributed by atoms with Gasteiger partial charge in [0, 0.05) is 11.9 Å². The van der Waals surface area contributed by atoms with Gasteiger partial charge in [0.15, 0.2) is 5.16 Å². The van der Waals surface area contributed by atoms with Crippen molar-refractivity contribution in [3.63, 3.8) is 0 Å². The summed E-state index contributed by atoms with van der Waals surface area (Å²) in [7, 11) is 0. The van der Waals surface area contributed by atoms with Crippen LogP contribution in [0.4, 0.5) is 5.82 Å². The molecule has 0 aromatic carbocycles. The Kier molecular flexibility index (Phi) is 2.77. The summed E-state index contributed by atoms with van der Waals surface area (Å²) in [5.74, 6) is 0.407. The number of anilines is 1. The second-order valence-electron chi connectivity index (χ2n) is 2.88. The highest BCUT2D eigenvalue weighted by Gasteiger charge is 2.02. The summed E-state index contributed by atoms with van der Waals surface area (Å²) in [6.07, 6.45) is 1.72. The molecule has 0 saturated carbocycles. The molecule has 0 unspecified atom stereocenters. The lowest BCUT2D eigenvalue weighted by Crippen LogP contribution is -1.94. The molecule has 0 aliphatic rings. The lowest BCUT2D eigenvalue weighted by molar-refractivity contribution is 0.905. The molecule has 5 nitrogen and oxygen atoms in total. The van der Waals surface area contributed by atoms with E-state index in [2.05, 4.69) is 20.2 Å². The summed E-state index contributed by atoms with van der Waals surface area (Å²) in [4.78, 5) is 8.35. The van der Waals surface area contributed by atoms with E-state index >= 15 is 0 Å². The predicted octanol–water partition coefficient (Wildman–Crippen LogP) is 1.31. The SMILES string of the molecule is Cc1ccnc(Sc2ccc(N)nn2)n1. The number of rotatable bonds is 2. The van der Waals surface area contributed by atoms with Gasteiger partial charge in [-0.3, -0.25) is 0 Å². The third-order valence-corrected chi connectivity index (χ3v) is 2.44. The van der Waals surface area contributed by atoms with E-state index in [9.17, 15) is 0 Å². The normalized spacial score (nSPS) is 10.2. The van der Waals surface area contributed by atoms with Gasteiger partial charge >= 0.3 is 0 Å². The largest absolute Gasteiger partial charge is 0.382 e. The molecule has 2 N–H and O–H groups in total. The van der Waals surface area contributed by atoms with Crippen molar-refractivity contribution in [3.8, 4) is 0 Å². The molecule has 0 aliphatic carbocycles. The van der Waals surface area contributed by atoms with E-state index in [0.717, 1.165) is 10.7 Å². The Balaban J connectivity index is 2.18. The number of aryl methyl sites for hydroxylation is 1. The first-order chi connectivity index (χ1) is 7.24. The summed E-state index contributed by atoms with van der Waals surface area (Å²) < 4.78 is 0. The maximum Gasteiger partial charge on any atom is 0.194 e. The zero-order valence-electron chi connectivity index (χ0n) is 8.08. The minimum atomic E-state index is 0.407. The minimum Gasteiger partial charge on any atom is -0.382 e. The minimum absolute atomic E-state index is 0.407. The molecule has 76 valence electrons. The van der Waals surface area contributed by atoms with E-state index in [4.69, 9.17) is 5.73 Å². The summed E-state index contributed by atoms with van der Waals surface area (Å²) in [5, 5.41) is 9.05. The summed E-state index contributed by atoms with van der Waals surface area (Å²) in [6, 6.07) is 5.34. The highest BCUT2D eigenvalue weighted by molar-refractivity contribution is 7.99. The maximum atomic E-state index is 5.43. The van der Waals surface area contributed by atoms with Crippen LogP contribution in [0.2, 0.25) is 0 Å². The van der Waals surface area contributed by atoms with Crippen molar-refractivity contribution in [3.05, 3.63) is 30.1 Å². The predicted molar refractivity (Wildman–Crippen MR) is 57.3 cm³/mol. The van der Waals surface area contributed by atoms with Crippen LogP contribution in [0.3, 0.4) is 0 Å². The van der Waals surface area contributed by atoms with Crippen LogP contribution in [0.1, 0.15) is 5.69 Å². The highest BCUT2D eigenvalue weighted by Crippen LogP contribution is 2.21. The monoisotopic (exact) mass is 219 g/mol. The van der Waals surface area contributed by atoms with Crippen molar-refractivity contribution < 1.29 is 0 Å². The van der Waals surface area contributed by atoms with E-state index in [-0.39, 0.29) is 0 Å². The third kappa shape index (κ3) is 2.63. The second kappa shape index (κ2) is 4.22. The van der Waals surface area contributed by atoms with E-state index in [1.54, 1.807) is 18.3 Å². The molecule has 2 rings (SSSR count). The smallest absolute Gasteiger partial charge is 0.194 e. The highest BCUT2D eigenvalue weighted by atomic mass is 32.2. The molecule has 15 heavy (non-hydrogen) atoms. The molecule has 0 radical (unpaired) electrons. The van der Waals surface area contributed by atoms with Crippen LogP contribution in [0.25, 0.3) is 0 Å².